The molecule has 0 aromatic carbocycles. The second kappa shape index (κ2) is 5.51. The van der Waals surface area contributed by atoms with Crippen molar-refractivity contribution in [1.82, 2.24) is 4.98 Å². The Morgan fingerprint density at radius 1 is 1.53 bits per heavy atom. The molecule has 0 spiro atoms. The maximum absolute atomic E-state index is 13.0. The number of H-pyrrole nitrogens is 1. The highest BCUT2D eigenvalue weighted by molar-refractivity contribution is 5.71. The van der Waals surface area contributed by atoms with E-state index in [4.69, 9.17) is 0 Å². The molecular weight excluding hydrogens is 239 g/mol. The van der Waals surface area contributed by atoms with Gasteiger partial charge in [0.25, 0.3) is 6.43 Å². The minimum absolute atomic E-state index is 0.106. The number of pyridine rings is 1. The van der Waals surface area contributed by atoms with Gasteiger partial charge in [0.15, 0.2) is 5.82 Å². The third-order valence-corrected chi connectivity index (χ3v) is 1.91. The van der Waals surface area contributed by atoms with Crippen LogP contribution >= 0.6 is 0 Å². The standard InChI is InChI=1S/C10H10F3NO3/c1-2-17-7(16)4-5-3-6(15)8(11)9(14-5)10(12)13/h3,10H,2,4H2,1H3,(H,14,15). The summed E-state index contributed by atoms with van der Waals surface area (Å²) in [5.41, 5.74) is -2.40. The number of carbonyl (C=O) groups excluding carboxylic acids is 1. The van der Waals surface area contributed by atoms with Crippen LogP contribution in [0, 0.1) is 5.82 Å². The van der Waals surface area contributed by atoms with Crippen LogP contribution in [-0.4, -0.2) is 17.6 Å². The smallest absolute Gasteiger partial charge is 0.311 e. The molecule has 0 amide bonds. The number of esters is 1. The van der Waals surface area contributed by atoms with Crippen LogP contribution in [0.4, 0.5) is 13.2 Å². The Morgan fingerprint density at radius 2 is 2.18 bits per heavy atom. The average Bonchev–Trinajstić information content (AvgIpc) is 2.23. The number of rotatable bonds is 4. The van der Waals surface area contributed by atoms with Crippen LogP contribution < -0.4 is 5.43 Å². The van der Waals surface area contributed by atoms with Crippen LogP contribution in [0.15, 0.2) is 10.9 Å². The van der Waals surface area contributed by atoms with Crippen molar-refractivity contribution < 1.29 is 22.7 Å². The van der Waals surface area contributed by atoms with Gasteiger partial charge in [-0.25, -0.2) is 13.2 Å². The van der Waals surface area contributed by atoms with Gasteiger partial charge in [0.05, 0.1) is 13.0 Å². The van der Waals surface area contributed by atoms with Gasteiger partial charge in [-0.05, 0) is 6.92 Å². The number of hydrogen-bond acceptors (Lipinski definition) is 3. The van der Waals surface area contributed by atoms with E-state index in [9.17, 15) is 22.8 Å². The fourth-order valence-electron chi connectivity index (χ4n) is 1.23. The van der Waals surface area contributed by atoms with E-state index in [1.165, 1.54) is 0 Å². The number of carbonyl (C=O) groups is 1. The van der Waals surface area contributed by atoms with Gasteiger partial charge in [-0.2, -0.15) is 0 Å². The number of aromatic amines is 1. The molecule has 7 heteroatoms. The highest BCUT2D eigenvalue weighted by Gasteiger charge is 2.18. The molecule has 1 rings (SSSR count). The first-order valence-electron chi connectivity index (χ1n) is 4.81. The van der Waals surface area contributed by atoms with E-state index < -0.39 is 29.3 Å². The highest BCUT2D eigenvalue weighted by Crippen LogP contribution is 2.17. The summed E-state index contributed by atoms with van der Waals surface area (Å²) >= 11 is 0. The Balaban J connectivity index is 3.03. The van der Waals surface area contributed by atoms with Gasteiger partial charge in [-0.15, -0.1) is 0 Å². The van der Waals surface area contributed by atoms with Crippen LogP contribution in [0.25, 0.3) is 0 Å². The first-order valence-corrected chi connectivity index (χ1v) is 4.81. The molecule has 1 aromatic heterocycles. The van der Waals surface area contributed by atoms with Crippen LogP contribution in [0.2, 0.25) is 0 Å². The van der Waals surface area contributed by atoms with Crippen LogP contribution in [-0.2, 0) is 16.0 Å². The molecule has 1 heterocycles. The quantitative estimate of drug-likeness (QED) is 0.824. The molecule has 1 aromatic rings. The first kappa shape index (κ1) is 13.3. The minimum atomic E-state index is -3.15. The summed E-state index contributed by atoms with van der Waals surface area (Å²) in [7, 11) is 0. The number of alkyl halides is 2. The van der Waals surface area contributed by atoms with Crippen molar-refractivity contribution in [2.24, 2.45) is 0 Å². The topological polar surface area (TPSA) is 59.2 Å². The molecule has 1 N–H and O–H groups in total. The fraction of sp³-hybridized carbons (Fsp3) is 0.400. The van der Waals surface area contributed by atoms with Crippen molar-refractivity contribution in [3.63, 3.8) is 0 Å². The summed E-state index contributed by atoms with van der Waals surface area (Å²) in [5, 5.41) is 0. The number of ether oxygens (including phenoxy) is 1. The Morgan fingerprint density at radius 3 is 2.71 bits per heavy atom. The summed E-state index contributed by atoms with van der Waals surface area (Å²) in [4.78, 5) is 24.1. The molecule has 0 saturated carbocycles. The molecule has 0 radical (unpaired) electrons. The van der Waals surface area contributed by atoms with Gasteiger partial charge in [-0.3, -0.25) is 9.59 Å². The maximum Gasteiger partial charge on any atom is 0.311 e. The van der Waals surface area contributed by atoms with Gasteiger partial charge in [0, 0.05) is 11.8 Å². The molecule has 0 aliphatic rings. The predicted octanol–water partition coefficient (Wildman–Crippen LogP) is 1.56. The van der Waals surface area contributed by atoms with E-state index in [2.05, 4.69) is 4.74 Å². The van der Waals surface area contributed by atoms with Crippen molar-refractivity contribution in [2.75, 3.05) is 6.61 Å². The molecule has 0 atom stereocenters. The summed E-state index contributed by atoms with van der Waals surface area (Å²) in [6, 6.07) is 0.762. The molecule has 0 aliphatic carbocycles. The largest absolute Gasteiger partial charge is 0.466 e. The van der Waals surface area contributed by atoms with E-state index in [-0.39, 0.29) is 18.7 Å². The zero-order valence-corrected chi connectivity index (χ0v) is 8.93. The lowest BCUT2D eigenvalue weighted by atomic mass is 10.2. The summed E-state index contributed by atoms with van der Waals surface area (Å²) in [6.07, 6.45) is -3.53. The van der Waals surface area contributed by atoms with Gasteiger partial charge in [0.1, 0.15) is 5.69 Å². The van der Waals surface area contributed by atoms with Gasteiger partial charge in [0.2, 0.25) is 5.43 Å². The number of nitrogens with one attached hydrogen (secondary N) is 1. The molecule has 0 saturated heterocycles. The highest BCUT2D eigenvalue weighted by atomic mass is 19.3. The molecule has 17 heavy (non-hydrogen) atoms. The molecular formula is C10H10F3NO3. The van der Waals surface area contributed by atoms with E-state index in [1.54, 1.807) is 6.92 Å². The normalized spacial score (nSPS) is 10.6. The average molecular weight is 249 g/mol. The van der Waals surface area contributed by atoms with Gasteiger partial charge >= 0.3 is 5.97 Å². The number of hydrogen-bond donors (Lipinski definition) is 1. The Labute approximate surface area is 94.4 Å². The Kier molecular flexibility index (Phi) is 4.30. The SMILES string of the molecule is CCOC(=O)Cc1cc(=O)c(F)c(C(F)F)[nH]1. The lowest BCUT2D eigenvalue weighted by molar-refractivity contribution is -0.142. The lowest BCUT2D eigenvalue weighted by Gasteiger charge is -2.06. The van der Waals surface area contributed by atoms with Crippen molar-refractivity contribution in [1.29, 1.82) is 0 Å². The molecule has 94 valence electrons. The second-order valence-electron chi connectivity index (χ2n) is 3.17. The zero-order chi connectivity index (χ0) is 13.0. The predicted molar refractivity (Wildman–Crippen MR) is 52.3 cm³/mol. The Hall–Kier alpha value is -1.79. The third kappa shape index (κ3) is 3.33. The van der Waals surface area contributed by atoms with Crippen molar-refractivity contribution in [3.05, 3.63) is 33.5 Å². The Bertz CT molecular complexity index is 470. The van der Waals surface area contributed by atoms with Crippen LogP contribution in [0.5, 0.6) is 0 Å². The van der Waals surface area contributed by atoms with Crippen LogP contribution in [0.3, 0.4) is 0 Å². The van der Waals surface area contributed by atoms with Crippen molar-refractivity contribution in [2.45, 2.75) is 19.8 Å². The maximum atomic E-state index is 13.0. The minimum Gasteiger partial charge on any atom is -0.466 e. The zero-order valence-electron chi connectivity index (χ0n) is 8.93. The lowest BCUT2D eigenvalue weighted by Crippen LogP contribution is -2.17. The van der Waals surface area contributed by atoms with Crippen molar-refractivity contribution >= 4 is 5.97 Å². The summed E-state index contributed by atoms with van der Waals surface area (Å²) < 4.78 is 42.2. The van der Waals surface area contributed by atoms with Crippen molar-refractivity contribution in [3.8, 4) is 0 Å². The molecule has 0 aliphatic heterocycles. The monoisotopic (exact) mass is 249 g/mol. The third-order valence-electron chi connectivity index (χ3n) is 1.91. The summed E-state index contributed by atoms with van der Waals surface area (Å²) in [5.74, 6) is -2.22. The second-order valence-corrected chi connectivity index (χ2v) is 3.17. The van der Waals surface area contributed by atoms with E-state index in [1.807, 2.05) is 4.98 Å². The van der Waals surface area contributed by atoms with E-state index in [0.717, 1.165) is 6.07 Å². The number of halogens is 3. The van der Waals surface area contributed by atoms with Crippen LogP contribution in [0.1, 0.15) is 24.7 Å². The van der Waals surface area contributed by atoms with E-state index >= 15 is 0 Å². The molecule has 4 nitrogen and oxygen atoms in total. The molecule has 0 unspecified atom stereocenters. The van der Waals surface area contributed by atoms with Gasteiger partial charge < -0.3 is 9.72 Å². The van der Waals surface area contributed by atoms with Gasteiger partial charge in [-0.1, -0.05) is 0 Å². The fourth-order valence-corrected chi connectivity index (χ4v) is 1.23. The molecule has 0 bridgehead atoms. The number of aromatic nitrogens is 1. The summed E-state index contributed by atoms with van der Waals surface area (Å²) in [6.45, 7) is 1.71. The first-order chi connectivity index (χ1) is 7.95. The molecule has 0 fully saturated rings. The van der Waals surface area contributed by atoms with E-state index in [0.29, 0.717) is 0 Å².